The van der Waals surface area contributed by atoms with Gasteiger partial charge in [0.1, 0.15) is 23.5 Å². The second-order valence-corrected chi connectivity index (χ2v) is 8.71. The fraction of sp³-hybridized carbons (Fsp3) is 0.440. The lowest BCUT2D eigenvalue weighted by atomic mass is 10.1. The van der Waals surface area contributed by atoms with Crippen molar-refractivity contribution in [3.8, 4) is 11.4 Å². The summed E-state index contributed by atoms with van der Waals surface area (Å²) >= 11 is 0. The average Bonchev–Trinajstić information content (AvgIpc) is 3.46. The van der Waals surface area contributed by atoms with Gasteiger partial charge in [0.2, 0.25) is 0 Å². The summed E-state index contributed by atoms with van der Waals surface area (Å²) in [4.78, 5) is 2.63. The van der Waals surface area contributed by atoms with E-state index in [0.29, 0.717) is 6.04 Å². The Kier molecular flexibility index (Phi) is 4.86. The summed E-state index contributed by atoms with van der Waals surface area (Å²) in [5.74, 6) is 2.79. The number of aromatic nitrogens is 3. The molecular formula is C25H30N4O. The van der Waals surface area contributed by atoms with Gasteiger partial charge < -0.3 is 4.74 Å². The molecule has 1 aliphatic carbocycles. The van der Waals surface area contributed by atoms with Crippen molar-refractivity contribution in [3.63, 3.8) is 0 Å². The summed E-state index contributed by atoms with van der Waals surface area (Å²) in [5.41, 5.74) is 6.30. The van der Waals surface area contributed by atoms with Crippen LogP contribution in [0.2, 0.25) is 0 Å². The Morgan fingerprint density at radius 2 is 1.57 bits per heavy atom. The predicted molar refractivity (Wildman–Crippen MR) is 118 cm³/mol. The number of nitrogens with zero attached hydrogens (tertiary/aromatic N) is 4. The van der Waals surface area contributed by atoms with E-state index in [1.807, 2.05) is 13.8 Å². The number of hydrogen-bond acceptors (Lipinski definition) is 4. The van der Waals surface area contributed by atoms with E-state index in [0.717, 1.165) is 29.5 Å². The quantitative estimate of drug-likeness (QED) is 0.638. The molecule has 0 spiro atoms. The molecular weight excluding hydrogens is 372 g/mol. The summed E-state index contributed by atoms with van der Waals surface area (Å²) in [7, 11) is 0. The highest BCUT2D eigenvalue weighted by Gasteiger charge is 2.39. The number of benzene rings is 2. The van der Waals surface area contributed by atoms with Crippen LogP contribution in [0, 0.1) is 27.7 Å². The third kappa shape index (κ3) is 3.12. The molecule has 1 aliphatic heterocycles. The molecule has 3 aromatic rings. The summed E-state index contributed by atoms with van der Waals surface area (Å²) in [6.45, 7) is 10.7. The SMILES string of the molecule is Cc1c(O[C@H]2c3ccccc3C[C@@H]2N2CCCC2)ccc(-n2c(C)nnc2C)c1C. The standard InChI is InChI=1S/C25H30N4O/c1-16-17(2)24(12-11-22(16)29-18(3)26-27-19(29)4)30-25-21-10-6-5-9-20(21)15-23(25)28-13-7-8-14-28/h5-6,9-12,23,25H,7-8,13-15H2,1-4H3/t23-,25-/m0/s1. The van der Waals surface area contributed by atoms with Gasteiger partial charge in [0.15, 0.2) is 0 Å². The van der Waals surface area contributed by atoms with Gasteiger partial charge in [0.25, 0.3) is 0 Å². The maximum Gasteiger partial charge on any atom is 0.140 e. The minimum Gasteiger partial charge on any atom is -0.484 e. The van der Waals surface area contributed by atoms with E-state index in [9.17, 15) is 0 Å². The maximum absolute atomic E-state index is 6.79. The van der Waals surface area contributed by atoms with Crippen LogP contribution in [-0.2, 0) is 6.42 Å². The van der Waals surface area contributed by atoms with Crippen molar-refractivity contribution >= 4 is 0 Å². The molecule has 2 heterocycles. The van der Waals surface area contributed by atoms with Gasteiger partial charge in [-0.15, -0.1) is 10.2 Å². The van der Waals surface area contributed by atoms with Crippen LogP contribution in [0.4, 0.5) is 0 Å². The number of rotatable bonds is 4. The Morgan fingerprint density at radius 3 is 2.30 bits per heavy atom. The average molecular weight is 403 g/mol. The third-order valence-electron chi connectivity index (χ3n) is 6.94. The number of hydrogen-bond donors (Lipinski definition) is 0. The van der Waals surface area contributed by atoms with Gasteiger partial charge in [-0.1, -0.05) is 24.3 Å². The van der Waals surface area contributed by atoms with E-state index in [1.165, 1.54) is 48.2 Å². The van der Waals surface area contributed by atoms with Crippen molar-refractivity contribution in [3.05, 3.63) is 70.3 Å². The van der Waals surface area contributed by atoms with E-state index in [2.05, 4.69) is 69.9 Å². The minimum atomic E-state index is 0.0848. The molecule has 1 saturated heterocycles. The monoisotopic (exact) mass is 402 g/mol. The summed E-state index contributed by atoms with van der Waals surface area (Å²) in [6.07, 6.45) is 3.76. The van der Waals surface area contributed by atoms with Crippen LogP contribution in [0.1, 0.15) is 52.8 Å². The molecule has 0 unspecified atom stereocenters. The normalized spacial score (nSPS) is 21.2. The zero-order chi connectivity index (χ0) is 20.8. The van der Waals surface area contributed by atoms with Crippen molar-refractivity contribution in [2.24, 2.45) is 0 Å². The molecule has 0 amide bonds. The van der Waals surface area contributed by atoms with Crippen LogP contribution in [0.5, 0.6) is 5.75 Å². The number of fused-ring (bicyclic) bond motifs is 1. The lowest BCUT2D eigenvalue weighted by Crippen LogP contribution is -2.38. The molecule has 2 aliphatic rings. The van der Waals surface area contributed by atoms with Gasteiger partial charge >= 0.3 is 0 Å². The van der Waals surface area contributed by atoms with Gasteiger partial charge in [-0.25, -0.2) is 0 Å². The third-order valence-corrected chi connectivity index (χ3v) is 6.94. The molecule has 0 bridgehead atoms. The molecule has 0 N–H and O–H groups in total. The molecule has 0 saturated carbocycles. The van der Waals surface area contributed by atoms with Crippen LogP contribution < -0.4 is 4.74 Å². The van der Waals surface area contributed by atoms with E-state index < -0.39 is 0 Å². The van der Waals surface area contributed by atoms with Crippen LogP contribution in [-0.4, -0.2) is 38.8 Å². The van der Waals surface area contributed by atoms with Gasteiger partial charge in [0, 0.05) is 0 Å². The molecule has 2 aromatic carbocycles. The number of likely N-dealkylation sites (tertiary alicyclic amines) is 1. The van der Waals surface area contributed by atoms with E-state index in [4.69, 9.17) is 4.74 Å². The van der Waals surface area contributed by atoms with Crippen LogP contribution in [0.15, 0.2) is 36.4 Å². The molecule has 5 nitrogen and oxygen atoms in total. The van der Waals surface area contributed by atoms with Crippen molar-refractivity contribution in [2.45, 2.75) is 59.1 Å². The number of ether oxygens (including phenoxy) is 1. The van der Waals surface area contributed by atoms with Crippen LogP contribution >= 0.6 is 0 Å². The molecule has 1 aromatic heterocycles. The lowest BCUT2D eigenvalue weighted by molar-refractivity contribution is 0.0935. The Balaban J connectivity index is 1.50. The Hall–Kier alpha value is -2.66. The van der Waals surface area contributed by atoms with E-state index in [-0.39, 0.29) is 6.10 Å². The highest BCUT2D eigenvalue weighted by molar-refractivity contribution is 5.52. The van der Waals surface area contributed by atoms with Gasteiger partial charge in [-0.05, 0) is 94.4 Å². The Morgan fingerprint density at radius 1 is 0.867 bits per heavy atom. The molecule has 0 radical (unpaired) electrons. The largest absolute Gasteiger partial charge is 0.484 e. The topological polar surface area (TPSA) is 43.2 Å². The summed E-state index contributed by atoms with van der Waals surface area (Å²) in [6, 6.07) is 13.5. The van der Waals surface area contributed by atoms with Crippen LogP contribution in [0.3, 0.4) is 0 Å². The first-order chi connectivity index (χ1) is 14.5. The first-order valence-electron chi connectivity index (χ1n) is 11.0. The first kappa shape index (κ1) is 19.3. The molecule has 30 heavy (non-hydrogen) atoms. The highest BCUT2D eigenvalue weighted by atomic mass is 16.5. The highest BCUT2D eigenvalue weighted by Crippen LogP contribution is 2.40. The van der Waals surface area contributed by atoms with Crippen molar-refractivity contribution in [1.29, 1.82) is 0 Å². The first-order valence-corrected chi connectivity index (χ1v) is 11.0. The molecule has 5 rings (SSSR count). The maximum atomic E-state index is 6.79. The zero-order valence-corrected chi connectivity index (χ0v) is 18.4. The van der Waals surface area contributed by atoms with Crippen LogP contribution in [0.25, 0.3) is 5.69 Å². The lowest BCUT2D eigenvalue weighted by Gasteiger charge is -2.30. The van der Waals surface area contributed by atoms with Gasteiger partial charge in [0.05, 0.1) is 11.7 Å². The van der Waals surface area contributed by atoms with Gasteiger partial charge in [-0.3, -0.25) is 9.47 Å². The van der Waals surface area contributed by atoms with Gasteiger partial charge in [-0.2, -0.15) is 0 Å². The van der Waals surface area contributed by atoms with Crippen molar-refractivity contribution in [2.75, 3.05) is 13.1 Å². The molecule has 1 fully saturated rings. The fourth-order valence-corrected chi connectivity index (χ4v) is 5.18. The van der Waals surface area contributed by atoms with Crippen molar-refractivity contribution in [1.82, 2.24) is 19.7 Å². The predicted octanol–water partition coefficient (Wildman–Crippen LogP) is 4.64. The smallest absolute Gasteiger partial charge is 0.140 e. The second kappa shape index (κ2) is 7.55. The minimum absolute atomic E-state index is 0.0848. The van der Waals surface area contributed by atoms with Crippen molar-refractivity contribution < 1.29 is 4.74 Å². The molecule has 5 heteroatoms. The fourth-order valence-electron chi connectivity index (χ4n) is 5.18. The van der Waals surface area contributed by atoms with E-state index in [1.54, 1.807) is 0 Å². The Bertz CT molecular complexity index is 1060. The zero-order valence-electron chi connectivity index (χ0n) is 18.4. The molecule has 2 atom stereocenters. The summed E-state index contributed by atoms with van der Waals surface area (Å²) in [5, 5.41) is 8.45. The van der Waals surface area contributed by atoms with E-state index >= 15 is 0 Å². The molecule has 156 valence electrons. The Labute approximate surface area is 178 Å². The number of aryl methyl sites for hydroxylation is 2. The summed E-state index contributed by atoms with van der Waals surface area (Å²) < 4.78 is 8.90. The second-order valence-electron chi connectivity index (χ2n) is 8.71.